The van der Waals surface area contributed by atoms with Crippen LogP contribution in [-0.2, 0) is 6.42 Å². The Balaban J connectivity index is 2.27. The summed E-state index contributed by atoms with van der Waals surface area (Å²) < 4.78 is 0. The van der Waals surface area contributed by atoms with E-state index in [9.17, 15) is 5.11 Å². The smallest absolute Gasteiger partial charge is 0.0638 e. The summed E-state index contributed by atoms with van der Waals surface area (Å²) in [4.78, 5) is 2.15. The summed E-state index contributed by atoms with van der Waals surface area (Å²) >= 11 is 0. The van der Waals surface area contributed by atoms with E-state index in [1.165, 1.54) is 5.56 Å². The first-order chi connectivity index (χ1) is 6.68. The summed E-state index contributed by atoms with van der Waals surface area (Å²) in [7, 11) is 2.04. The molecule has 0 bridgehead atoms. The molecular weight excluding hydrogens is 174 g/mol. The monoisotopic (exact) mass is 193 g/mol. The van der Waals surface area contributed by atoms with Crippen molar-refractivity contribution in [1.29, 1.82) is 0 Å². The fourth-order valence-corrected chi connectivity index (χ4v) is 1.51. The molecule has 1 unspecified atom stereocenters. The van der Waals surface area contributed by atoms with E-state index < -0.39 is 0 Å². The molecular formula is C12H19NO. The quantitative estimate of drug-likeness (QED) is 0.767. The summed E-state index contributed by atoms with van der Waals surface area (Å²) in [5.74, 6) is 0. The number of aliphatic hydroxyl groups excluding tert-OH is 1. The number of rotatable bonds is 5. The van der Waals surface area contributed by atoms with Crippen LogP contribution in [0.25, 0.3) is 0 Å². The zero-order valence-corrected chi connectivity index (χ0v) is 8.98. The van der Waals surface area contributed by atoms with Crippen molar-refractivity contribution in [3.8, 4) is 0 Å². The van der Waals surface area contributed by atoms with Crippen LogP contribution in [0.1, 0.15) is 12.5 Å². The van der Waals surface area contributed by atoms with Crippen molar-refractivity contribution in [2.24, 2.45) is 0 Å². The molecule has 0 amide bonds. The van der Waals surface area contributed by atoms with Crippen LogP contribution >= 0.6 is 0 Å². The second kappa shape index (κ2) is 5.78. The molecule has 1 atom stereocenters. The molecule has 0 aromatic heterocycles. The Hall–Kier alpha value is -0.860. The average Bonchev–Trinajstić information content (AvgIpc) is 2.15. The van der Waals surface area contributed by atoms with Crippen LogP contribution in [0.15, 0.2) is 30.3 Å². The molecule has 0 spiro atoms. The number of hydrogen-bond acceptors (Lipinski definition) is 2. The third kappa shape index (κ3) is 4.40. The van der Waals surface area contributed by atoms with E-state index in [0.29, 0.717) is 0 Å². The Kier molecular flexibility index (Phi) is 4.63. The van der Waals surface area contributed by atoms with Crippen molar-refractivity contribution in [3.63, 3.8) is 0 Å². The predicted octanol–water partition coefficient (Wildman–Crippen LogP) is 1.54. The molecule has 0 saturated heterocycles. The second-order valence-corrected chi connectivity index (χ2v) is 3.85. The first-order valence-electron chi connectivity index (χ1n) is 5.09. The first kappa shape index (κ1) is 11.2. The van der Waals surface area contributed by atoms with Gasteiger partial charge in [0.05, 0.1) is 6.10 Å². The van der Waals surface area contributed by atoms with E-state index >= 15 is 0 Å². The number of hydrogen-bond donors (Lipinski definition) is 1. The van der Waals surface area contributed by atoms with E-state index in [0.717, 1.165) is 19.5 Å². The average molecular weight is 193 g/mol. The lowest BCUT2D eigenvalue weighted by molar-refractivity contribution is 0.142. The summed E-state index contributed by atoms with van der Waals surface area (Å²) in [5, 5.41) is 9.18. The van der Waals surface area contributed by atoms with Gasteiger partial charge in [-0.2, -0.15) is 0 Å². The highest BCUT2D eigenvalue weighted by Crippen LogP contribution is 2.00. The third-order valence-electron chi connectivity index (χ3n) is 2.20. The molecule has 1 rings (SSSR count). The summed E-state index contributed by atoms with van der Waals surface area (Å²) in [6.07, 6.45) is 0.806. The number of benzene rings is 1. The Bertz CT molecular complexity index is 246. The van der Waals surface area contributed by atoms with Gasteiger partial charge in [-0.05, 0) is 26.0 Å². The van der Waals surface area contributed by atoms with Crippen molar-refractivity contribution in [1.82, 2.24) is 4.90 Å². The zero-order chi connectivity index (χ0) is 10.4. The van der Waals surface area contributed by atoms with Crippen LogP contribution in [0.4, 0.5) is 0 Å². The van der Waals surface area contributed by atoms with E-state index in [-0.39, 0.29) is 6.10 Å². The van der Waals surface area contributed by atoms with Crippen LogP contribution in [0.3, 0.4) is 0 Å². The van der Waals surface area contributed by atoms with Gasteiger partial charge in [0.25, 0.3) is 0 Å². The van der Waals surface area contributed by atoms with Crippen LogP contribution in [0, 0.1) is 0 Å². The highest BCUT2D eigenvalue weighted by molar-refractivity contribution is 5.14. The maximum atomic E-state index is 9.18. The Morgan fingerprint density at radius 1 is 1.29 bits per heavy atom. The Morgan fingerprint density at radius 3 is 2.50 bits per heavy atom. The van der Waals surface area contributed by atoms with Gasteiger partial charge in [0.1, 0.15) is 0 Å². The van der Waals surface area contributed by atoms with E-state index in [1.807, 2.05) is 20.0 Å². The zero-order valence-electron chi connectivity index (χ0n) is 8.98. The van der Waals surface area contributed by atoms with Crippen molar-refractivity contribution in [2.45, 2.75) is 19.4 Å². The van der Waals surface area contributed by atoms with Crippen molar-refractivity contribution < 1.29 is 5.11 Å². The molecule has 14 heavy (non-hydrogen) atoms. The van der Waals surface area contributed by atoms with Crippen LogP contribution in [0.5, 0.6) is 0 Å². The van der Waals surface area contributed by atoms with Crippen LogP contribution in [-0.4, -0.2) is 36.2 Å². The maximum Gasteiger partial charge on any atom is 0.0638 e. The van der Waals surface area contributed by atoms with Gasteiger partial charge >= 0.3 is 0 Å². The minimum atomic E-state index is -0.240. The van der Waals surface area contributed by atoms with E-state index in [2.05, 4.69) is 29.2 Å². The van der Waals surface area contributed by atoms with E-state index in [4.69, 9.17) is 0 Å². The van der Waals surface area contributed by atoms with Crippen LogP contribution < -0.4 is 0 Å². The third-order valence-corrected chi connectivity index (χ3v) is 2.20. The Morgan fingerprint density at radius 2 is 1.93 bits per heavy atom. The van der Waals surface area contributed by atoms with Gasteiger partial charge in [-0.15, -0.1) is 0 Å². The highest BCUT2D eigenvalue weighted by atomic mass is 16.3. The minimum absolute atomic E-state index is 0.240. The lowest BCUT2D eigenvalue weighted by Crippen LogP contribution is -2.29. The van der Waals surface area contributed by atoms with Gasteiger partial charge in [0.2, 0.25) is 0 Å². The van der Waals surface area contributed by atoms with Gasteiger partial charge in [0, 0.05) is 13.1 Å². The molecule has 1 aromatic rings. The summed E-state index contributed by atoms with van der Waals surface area (Å²) in [5.41, 5.74) is 1.35. The molecule has 1 N–H and O–H groups in total. The lowest BCUT2D eigenvalue weighted by atomic mass is 10.1. The molecule has 2 nitrogen and oxygen atoms in total. The summed E-state index contributed by atoms with van der Waals surface area (Å²) in [6.45, 7) is 3.56. The topological polar surface area (TPSA) is 23.5 Å². The molecule has 0 aliphatic carbocycles. The predicted molar refractivity (Wildman–Crippen MR) is 59.3 cm³/mol. The van der Waals surface area contributed by atoms with Crippen molar-refractivity contribution in [3.05, 3.63) is 35.9 Å². The standard InChI is InChI=1S/C12H19NO/c1-11(14)10-13(2)9-8-12-6-4-3-5-7-12/h3-7,11,14H,8-10H2,1-2H3. The number of likely N-dealkylation sites (N-methyl/N-ethyl adjacent to an activating group) is 1. The van der Waals surface area contributed by atoms with Crippen molar-refractivity contribution in [2.75, 3.05) is 20.1 Å². The SMILES string of the molecule is CC(O)CN(C)CCc1ccccc1. The summed E-state index contributed by atoms with van der Waals surface area (Å²) in [6, 6.07) is 10.4. The van der Waals surface area contributed by atoms with Gasteiger partial charge in [0.15, 0.2) is 0 Å². The molecule has 2 heteroatoms. The molecule has 0 radical (unpaired) electrons. The van der Waals surface area contributed by atoms with Gasteiger partial charge in [-0.3, -0.25) is 0 Å². The lowest BCUT2D eigenvalue weighted by Gasteiger charge is -2.17. The second-order valence-electron chi connectivity index (χ2n) is 3.85. The van der Waals surface area contributed by atoms with Gasteiger partial charge in [-0.25, -0.2) is 0 Å². The maximum absolute atomic E-state index is 9.18. The molecule has 78 valence electrons. The van der Waals surface area contributed by atoms with E-state index in [1.54, 1.807) is 0 Å². The first-order valence-corrected chi connectivity index (χ1v) is 5.09. The highest BCUT2D eigenvalue weighted by Gasteiger charge is 2.02. The molecule has 0 saturated carbocycles. The van der Waals surface area contributed by atoms with Gasteiger partial charge < -0.3 is 10.0 Å². The molecule has 0 heterocycles. The molecule has 0 aliphatic rings. The van der Waals surface area contributed by atoms with Gasteiger partial charge in [-0.1, -0.05) is 30.3 Å². The minimum Gasteiger partial charge on any atom is -0.392 e. The fraction of sp³-hybridized carbons (Fsp3) is 0.500. The normalized spacial score (nSPS) is 13.1. The number of nitrogens with zero attached hydrogens (tertiary/aromatic N) is 1. The Labute approximate surface area is 86.2 Å². The molecule has 0 aliphatic heterocycles. The van der Waals surface area contributed by atoms with Crippen molar-refractivity contribution >= 4 is 0 Å². The fourth-order valence-electron chi connectivity index (χ4n) is 1.51. The largest absolute Gasteiger partial charge is 0.392 e. The number of aliphatic hydroxyl groups is 1. The molecule has 0 fully saturated rings. The molecule has 1 aromatic carbocycles. The van der Waals surface area contributed by atoms with Crippen LogP contribution in [0.2, 0.25) is 0 Å².